The summed E-state index contributed by atoms with van der Waals surface area (Å²) in [5, 5.41) is 3.62. The van der Waals surface area contributed by atoms with Crippen molar-refractivity contribution in [3.63, 3.8) is 0 Å². The maximum Gasteiger partial charge on any atom is 0.120 e. The minimum Gasteiger partial charge on any atom is -0.468 e. The molecule has 1 heterocycles. The Balaban J connectivity index is 1.92. The summed E-state index contributed by atoms with van der Waals surface area (Å²) in [6.45, 7) is 6.80. The van der Waals surface area contributed by atoms with Gasteiger partial charge in [0.25, 0.3) is 0 Å². The third-order valence-electron chi connectivity index (χ3n) is 3.44. The highest BCUT2D eigenvalue weighted by molar-refractivity contribution is 5.05. The molecule has 1 aromatic heterocycles. The molecular weight excluding hydrogens is 174 g/mol. The van der Waals surface area contributed by atoms with E-state index in [0.29, 0.717) is 17.5 Å². The van der Waals surface area contributed by atoms with Gasteiger partial charge in [-0.15, -0.1) is 0 Å². The molecule has 1 aliphatic carbocycles. The molecule has 1 N–H and O–H groups in total. The van der Waals surface area contributed by atoms with Gasteiger partial charge in [-0.1, -0.05) is 13.8 Å². The average Bonchev–Trinajstić information content (AvgIpc) is 2.65. The molecule has 14 heavy (non-hydrogen) atoms. The molecule has 2 heteroatoms. The zero-order valence-corrected chi connectivity index (χ0v) is 9.21. The van der Waals surface area contributed by atoms with Gasteiger partial charge in [0.05, 0.1) is 12.3 Å². The van der Waals surface area contributed by atoms with E-state index in [0.717, 1.165) is 5.76 Å². The highest BCUT2D eigenvalue weighted by atomic mass is 16.3. The smallest absolute Gasteiger partial charge is 0.120 e. The fourth-order valence-electron chi connectivity index (χ4n) is 2.10. The Labute approximate surface area is 85.7 Å². The first kappa shape index (κ1) is 9.78. The maximum absolute atomic E-state index is 5.37. The van der Waals surface area contributed by atoms with Crippen molar-refractivity contribution in [2.45, 2.75) is 45.7 Å². The van der Waals surface area contributed by atoms with Gasteiger partial charge in [0.2, 0.25) is 0 Å². The second-order valence-corrected chi connectivity index (χ2v) is 4.98. The minimum atomic E-state index is 0.328. The van der Waals surface area contributed by atoms with Gasteiger partial charge in [-0.2, -0.15) is 0 Å². The van der Waals surface area contributed by atoms with E-state index in [2.05, 4.69) is 26.1 Å². The lowest BCUT2D eigenvalue weighted by molar-refractivity contribution is 0.0969. The van der Waals surface area contributed by atoms with Crippen LogP contribution in [-0.4, -0.2) is 6.04 Å². The predicted octanol–water partition coefficient (Wildman–Crippen LogP) is 3.12. The summed E-state index contributed by atoms with van der Waals surface area (Å²) in [4.78, 5) is 0. The molecule has 2 atom stereocenters. The van der Waals surface area contributed by atoms with E-state index in [1.807, 2.05) is 12.1 Å². The third kappa shape index (κ3) is 1.71. The lowest BCUT2D eigenvalue weighted by Crippen LogP contribution is -2.50. The van der Waals surface area contributed by atoms with Crippen LogP contribution in [0.1, 0.15) is 45.4 Å². The first-order chi connectivity index (χ1) is 6.59. The summed E-state index contributed by atoms with van der Waals surface area (Å²) >= 11 is 0. The SMILES string of the molecule is CC(NC1CCC1(C)C)c1ccco1. The monoisotopic (exact) mass is 193 g/mol. The van der Waals surface area contributed by atoms with Crippen molar-refractivity contribution >= 4 is 0 Å². The number of hydrogen-bond acceptors (Lipinski definition) is 2. The topological polar surface area (TPSA) is 25.2 Å². The molecule has 78 valence electrons. The van der Waals surface area contributed by atoms with Gasteiger partial charge in [0, 0.05) is 6.04 Å². The van der Waals surface area contributed by atoms with Crippen LogP contribution in [0, 0.1) is 5.41 Å². The molecule has 2 unspecified atom stereocenters. The lowest BCUT2D eigenvalue weighted by atomic mass is 9.67. The maximum atomic E-state index is 5.37. The van der Waals surface area contributed by atoms with Crippen LogP contribution in [-0.2, 0) is 0 Å². The fraction of sp³-hybridized carbons (Fsp3) is 0.667. The van der Waals surface area contributed by atoms with Crippen LogP contribution in [0.2, 0.25) is 0 Å². The van der Waals surface area contributed by atoms with Crippen molar-refractivity contribution in [1.29, 1.82) is 0 Å². The Morgan fingerprint density at radius 1 is 1.57 bits per heavy atom. The Morgan fingerprint density at radius 2 is 2.36 bits per heavy atom. The quantitative estimate of drug-likeness (QED) is 0.798. The molecule has 1 saturated carbocycles. The molecule has 0 aliphatic heterocycles. The van der Waals surface area contributed by atoms with Gasteiger partial charge in [0.1, 0.15) is 5.76 Å². The van der Waals surface area contributed by atoms with Crippen molar-refractivity contribution in [2.24, 2.45) is 5.41 Å². The first-order valence-electron chi connectivity index (χ1n) is 5.39. The van der Waals surface area contributed by atoms with E-state index < -0.39 is 0 Å². The summed E-state index contributed by atoms with van der Waals surface area (Å²) in [5.74, 6) is 1.03. The van der Waals surface area contributed by atoms with Gasteiger partial charge in [-0.25, -0.2) is 0 Å². The summed E-state index contributed by atoms with van der Waals surface area (Å²) in [6.07, 6.45) is 4.35. The minimum absolute atomic E-state index is 0.328. The van der Waals surface area contributed by atoms with Crippen molar-refractivity contribution in [2.75, 3.05) is 0 Å². The molecule has 1 fully saturated rings. The normalized spacial score (nSPS) is 26.9. The molecule has 0 radical (unpaired) electrons. The van der Waals surface area contributed by atoms with E-state index in [1.165, 1.54) is 12.8 Å². The van der Waals surface area contributed by atoms with Gasteiger partial charge in [0.15, 0.2) is 0 Å². The van der Waals surface area contributed by atoms with Crippen LogP contribution < -0.4 is 5.32 Å². The van der Waals surface area contributed by atoms with Crippen LogP contribution in [0.15, 0.2) is 22.8 Å². The van der Waals surface area contributed by atoms with Crippen molar-refractivity contribution < 1.29 is 4.42 Å². The number of rotatable bonds is 3. The second-order valence-electron chi connectivity index (χ2n) is 4.98. The summed E-state index contributed by atoms with van der Waals surface area (Å²) in [5.41, 5.74) is 0.459. The van der Waals surface area contributed by atoms with Gasteiger partial charge < -0.3 is 9.73 Å². The third-order valence-corrected chi connectivity index (χ3v) is 3.44. The molecule has 0 aromatic carbocycles. The van der Waals surface area contributed by atoms with E-state index in [-0.39, 0.29) is 0 Å². The van der Waals surface area contributed by atoms with Crippen LogP contribution in [0.3, 0.4) is 0 Å². The Morgan fingerprint density at radius 3 is 2.79 bits per heavy atom. The second kappa shape index (κ2) is 3.43. The molecule has 0 amide bonds. The molecule has 0 saturated heterocycles. The van der Waals surface area contributed by atoms with E-state index in [9.17, 15) is 0 Å². The number of nitrogens with one attached hydrogen (secondary N) is 1. The van der Waals surface area contributed by atoms with E-state index in [1.54, 1.807) is 6.26 Å². The molecule has 1 aliphatic rings. The highest BCUT2D eigenvalue weighted by Crippen LogP contribution is 2.41. The van der Waals surface area contributed by atoms with Crippen LogP contribution >= 0.6 is 0 Å². The van der Waals surface area contributed by atoms with Crippen LogP contribution in [0.4, 0.5) is 0 Å². The Hall–Kier alpha value is -0.760. The van der Waals surface area contributed by atoms with Crippen molar-refractivity contribution in [3.05, 3.63) is 24.2 Å². The summed E-state index contributed by atoms with van der Waals surface area (Å²) in [6, 6.07) is 4.94. The molecule has 0 spiro atoms. The van der Waals surface area contributed by atoms with E-state index >= 15 is 0 Å². The zero-order valence-electron chi connectivity index (χ0n) is 9.21. The first-order valence-corrected chi connectivity index (χ1v) is 5.39. The molecule has 2 nitrogen and oxygen atoms in total. The lowest BCUT2D eigenvalue weighted by Gasteiger charge is -2.46. The molecule has 1 aromatic rings. The fourth-order valence-corrected chi connectivity index (χ4v) is 2.10. The number of hydrogen-bond donors (Lipinski definition) is 1. The van der Waals surface area contributed by atoms with Crippen molar-refractivity contribution in [1.82, 2.24) is 5.32 Å². The van der Waals surface area contributed by atoms with E-state index in [4.69, 9.17) is 4.42 Å². The van der Waals surface area contributed by atoms with Crippen LogP contribution in [0.25, 0.3) is 0 Å². The zero-order chi connectivity index (χ0) is 10.2. The Kier molecular flexibility index (Phi) is 2.40. The van der Waals surface area contributed by atoms with Crippen molar-refractivity contribution in [3.8, 4) is 0 Å². The summed E-state index contributed by atoms with van der Waals surface area (Å²) < 4.78 is 5.37. The van der Waals surface area contributed by atoms with Crippen LogP contribution in [0.5, 0.6) is 0 Å². The molecule has 2 rings (SSSR count). The molecular formula is C12H19NO. The summed E-state index contributed by atoms with van der Waals surface area (Å²) in [7, 11) is 0. The highest BCUT2D eigenvalue weighted by Gasteiger charge is 2.38. The Bertz CT molecular complexity index is 289. The van der Waals surface area contributed by atoms with Gasteiger partial charge in [-0.05, 0) is 37.3 Å². The largest absolute Gasteiger partial charge is 0.468 e. The predicted molar refractivity (Wildman–Crippen MR) is 57.1 cm³/mol. The molecule has 0 bridgehead atoms. The average molecular weight is 193 g/mol. The number of furan rings is 1. The van der Waals surface area contributed by atoms with Gasteiger partial charge in [-0.3, -0.25) is 0 Å². The standard InChI is InChI=1S/C12H19NO/c1-9(10-5-4-8-14-10)13-11-6-7-12(11,2)3/h4-5,8-9,11,13H,6-7H2,1-3H3. The van der Waals surface area contributed by atoms with Gasteiger partial charge >= 0.3 is 0 Å².